The van der Waals surface area contributed by atoms with Gasteiger partial charge in [0.2, 0.25) is 0 Å². The third-order valence-electron chi connectivity index (χ3n) is 7.83. The highest BCUT2D eigenvalue weighted by Crippen LogP contribution is 2.25. The topological polar surface area (TPSA) is 17.8 Å². The molecule has 0 spiro atoms. The lowest BCUT2D eigenvalue weighted by atomic mass is 9.89. The van der Waals surface area contributed by atoms with E-state index in [1.165, 1.54) is 113 Å². The van der Waals surface area contributed by atoms with Gasteiger partial charge in [0.05, 0.1) is 0 Å². The van der Waals surface area contributed by atoms with E-state index >= 15 is 0 Å². The molecule has 0 N–H and O–H groups in total. The molecule has 3 rings (SSSR count). The maximum atomic E-state index is 4.77. The molecular formula is C35H52N2. The van der Waals surface area contributed by atoms with Gasteiger partial charge < -0.3 is 4.57 Å². The van der Waals surface area contributed by atoms with E-state index < -0.39 is 0 Å². The fourth-order valence-corrected chi connectivity index (χ4v) is 5.54. The summed E-state index contributed by atoms with van der Waals surface area (Å²) in [6.45, 7) is 3.40. The van der Waals surface area contributed by atoms with Crippen molar-refractivity contribution in [3.63, 3.8) is 0 Å². The molecule has 0 saturated heterocycles. The van der Waals surface area contributed by atoms with Gasteiger partial charge in [0.15, 0.2) is 0 Å². The number of imidazole rings is 1. The molecule has 0 radical (unpaired) electrons. The second kappa shape index (κ2) is 18.8. The monoisotopic (exact) mass is 500 g/mol. The minimum Gasteiger partial charge on any atom is -0.335 e. The minimum absolute atomic E-state index is 0.450. The molecule has 0 saturated carbocycles. The lowest BCUT2D eigenvalue weighted by molar-refractivity contribution is 0.514. The Bertz CT molecular complexity index is 915. The van der Waals surface area contributed by atoms with Crippen LogP contribution in [0.4, 0.5) is 0 Å². The van der Waals surface area contributed by atoms with Crippen LogP contribution in [0.1, 0.15) is 126 Å². The molecule has 0 aliphatic heterocycles. The zero-order valence-corrected chi connectivity index (χ0v) is 23.6. The molecule has 1 heterocycles. The average Bonchev–Trinajstić information content (AvgIpc) is 3.38. The van der Waals surface area contributed by atoms with Gasteiger partial charge in [-0.3, -0.25) is 0 Å². The van der Waals surface area contributed by atoms with E-state index in [4.69, 9.17) is 4.98 Å². The smallest absolute Gasteiger partial charge is 0.109 e. The second-order valence-corrected chi connectivity index (χ2v) is 11.0. The van der Waals surface area contributed by atoms with Gasteiger partial charge in [-0.1, -0.05) is 157 Å². The Hall–Kier alpha value is -2.35. The summed E-state index contributed by atoms with van der Waals surface area (Å²) in [5, 5.41) is 0. The van der Waals surface area contributed by atoms with Crippen molar-refractivity contribution in [1.82, 2.24) is 9.55 Å². The van der Waals surface area contributed by atoms with Gasteiger partial charge in [0.1, 0.15) is 5.82 Å². The Morgan fingerprint density at radius 1 is 0.595 bits per heavy atom. The number of hydrogen-bond donors (Lipinski definition) is 0. The molecule has 202 valence electrons. The number of benzene rings is 2. The highest BCUT2D eigenvalue weighted by Gasteiger charge is 2.16. The summed E-state index contributed by atoms with van der Waals surface area (Å²) in [5.74, 6) is 1.68. The molecule has 1 atom stereocenters. The highest BCUT2D eigenvalue weighted by atomic mass is 15.1. The Kier molecular flexibility index (Phi) is 14.9. The molecule has 37 heavy (non-hydrogen) atoms. The van der Waals surface area contributed by atoms with E-state index in [-0.39, 0.29) is 0 Å². The fourth-order valence-electron chi connectivity index (χ4n) is 5.54. The number of hydrogen-bond acceptors (Lipinski definition) is 1. The number of nitrogens with zero attached hydrogens (tertiary/aromatic N) is 2. The van der Waals surface area contributed by atoms with Crippen molar-refractivity contribution in [1.29, 1.82) is 0 Å². The van der Waals surface area contributed by atoms with Crippen LogP contribution in [0.3, 0.4) is 0 Å². The Labute approximate surface area is 227 Å². The molecule has 3 aromatic rings. The Morgan fingerprint density at radius 2 is 1.11 bits per heavy atom. The van der Waals surface area contributed by atoms with E-state index in [9.17, 15) is 0 Å². The molecule has 2 aromatic carbocycles. The normalized spacial score (nSPS) is 12.1. The maximum absolute atomic E-state index is 4.77. The van der Waals surface area contributed by atoms with Crippen LogP contribution in [0.2, 0.25) is 0 Å². The van der Waals surface area contributed by atoms with Crippen LogP contribution in [-0.4, -0.2) is 9.55 Å². The number of rotatable bonds is 21. The van der Waals surface area contributed by atoms with E-state index in [0.29, 0.717) is 5.92 Å². The average molecular weight is 501 g/mol. The Balaban J connectivity index is 1.30. The van der Waals surface area contributed by atoms with Gasteiger partial charge in [-0.15, -0.1) is 0 Å². The van der Waals surface area contributed by atoms with Crippen molar-refractivity contribution < 1.29 is 0 Å². The summed E-state index contributed by atoms with van der Waals surface area (Å²) in [6, 6.07) is 21.9. The SMILES string of the molecule is CCCCCCCCCCCCCCCCCn1ccnc1CC(Cc1ccccc1)c1ccccc1. The third-order valence-corrected chi connectivity index (χ3v) is 7.83. The van der Waals surface area contributed by atoms with Crippen LogP contribution >= 0.6 is 0 Å². The molecular weight excluding hydrogens is 448 g/mol. The van der Waals surface area contributed by atoms with Gasteiger partial charge in [-0.05, 0) is 29.9 Å². The van der Waals surface area contributed by atoms with E-state index in [0.717, 1.165) is 19.4 Å². The molecule has 0 amide bonds. The molecule has 1 aromatic heterocycles. The van der Waals surface area contributed by atoms with E-state index in [2.05, 4.69) is 78.4 Å². The van der Waals surface area contributed by atoms with E-state index in [1.54, 1.807) is 0 Å². The first kappa shape index (κ1) is 29.2. The highest BCUT2D eigenvalue weighted by molar-refractivity contribution is 5.25. The van der Waals surface area contributed by atoms with Gasteiger partial charge in [0, 0.05) is 25.4 Å². The molecule has 1 unspecified atom stereocenters. The van der Waals surface area contributed by atoms with Gasteiger partial charge in [0.25, 0.3) is 0 Å². The predicted octanol–water partition coefficient (Wildman–Crippen LogP) is 10.3. The first-order chi connectivity index (χ1) is 18.4. The summed E-state index contributed by atoms with van der Waals surface area (Å²) >= 11 is 0. The van der Waals surface area contributed by atoms with Crippen LogP contribution in [0.15, 0.2) is 73.1 Å². The fraction of sp³-hybridized carbons (Fsp3) is 0.571. The van der Waals surface area contributed by atoms with Gasteiger partial charge >= 0.3 is 0 Å². The summed E-state index contributed by atoms with van der Waals surface area (Å²) < 4.78 is 2.41. The van der Waals surface area contributed by atoms with Gasteiger partial charge in [-0.25, -0.2) is 4.98 Å². The van der Waals surface area contributed by atoms with Crippen molar-refractivity contribution in [2.24, 2.45) is 0 Å². The van der Waals surface area contributed by atoms with E-state index in [1.807, 2.05) is 6.20 Å². The summed E-state index contributed by atoms with van der Waals surface area (Å²) in [7, 11) is 0. The summed E-state index contributed by atoms with van der Waals surface area (Å²) in [6.07, 6.45) is 27.4. The van der Waals surface area contributed by atoms with Crippen LogP contribution in [-0.2, 0) is 19.4 Å². The molecule has 0 bridgehead atoms. The lowest BCUT2D eigenvalue weighted by Gasteiger charge is -2.18. The van der Waals surface area contributed by atoms with Crippen LogP contribution in [0.25, 0.3) is 0 Å². The first-order valence-corrected chi connectivity index (χ1v) is 15.5. The number of aromatic nitrogens is 2. The van der Waals surface area contributed by atoms with Crippen molar-refractivity contribution in [2.75, 3.05) is 0 Å². The van der Waals surface area contributed by atoms with Crippen molar-refractivity contribution in [2.45, 2.75) is 129 Å². The van der Waals surface area contributed by atoms with Crippen molar-refractivity contribution in [3.05, 3.63) is 90.0 Å². The Morgan fingerprint density at radius 3 is 1.68 bits per heavy atom. The summed E-state index contributed by atoms with van der Waals surface area (Å²) in [4.78, 5) is 4.77. The van der Waals surface area contributed by atoms with Crippen molar-refractivity contribution >= 4 is 0 Å². The van der Waals surface area contributed by atoms with Crippen LogP contribution in [0, 0.1) is 0 Å². The van der Waals surface area contributed by atoms with Crippen molar-refractivity contribution in [3.8, 4) is 0 Å². The number of aryl methyl sites for hydroxylation is 1. The predicted molar refractivity (Wildman–Crippen MR) is 160 cm³/mol. The molecule has 2 heteroatoms. The quantitative estimate of drug-likeness (QED) is 0.133. The first-order valence-electron chi connectivity index (χ1n) is 15.5. The maximum Gasteiger partial charge on any atom is 0.109 e. The molecule has 0 fully saturated rings. The minimum atomic E-state index is 0.450. The largest absolute Gasteiger partial charge is 0.335 e. The zero-order chi connectivity index (χ0) is 25.8. The lowest BCUT2D eigenvalue weighted by Crippen LogP contribution is -2.12. The molecule has 0 aliphatic carbocycles. The standard InChI is InChI=1S/C35H52N2/c1-2-3-4-5-6-7-8-9-10-11-12-13-14-15-22-28-37-29-27-36-35(37)31-34(33-25-20-17-21-26-33)30-32-23-18-16-19-24-32/h16-21,23-27,29,34H,2-15,22,28,30-31H2,1H3. The molecule has 2 nitrogen and oxygen atoms in total. The summed E-state index contributed by atoms with van der Waals surface area (Å²) in [5.41, 5.74) is 2.81. The zero-order valence-electron chi connectivity index (χ0n) is 23.6. The van der Waals surface area contributed by atoms with Crippen LogP contribution < -0.4 is 0 Å². The second-order valence-electron chi connectivity index (χ2n) is 11.0. The third kappa shape index (κ3) is 12.2. The number of unbranched alkanes of at least 4 members (excludes halogenated alkanes) is 14. The molecule has 0 aliphatic rings. The van der Waals surface area contributed by atoms with Gasteiger partial charge in [-0.2, -0.15) is 0 Å². The van der Waals surface area contributed by atoms with Crippen LogP contribution in [0.5, 0.6) is 0 Å².